The van der Waals surface area contributed by atoms with E-state index in [-0.39, 0.29) is 18.0 Å². The normalized spacial score (nSPS) is 11.8. The third-order valence-corrected chi connectivity index (χ3v) is 4.10. The van der Waals surface area contributed by atoms with E-state index in [1.807, 2.05) is 0 Å². The molecule has 2 aromatic heterocycles. The van der Waals surface area contributed by atoms with Crippen LogP contribution >= 0.6 is 0 Å². The Morgan fingerprint density at radius 3 is 2.88 bits per heavy atom. The molecule has 3 rings (SSSR count). The molecular formula is C14H16N6O4S. The number of carbonyl (C=O) groups excluding carboxylic acids is 1. The Hall–Kier alpha value is -2.79. The molecular weight excluding hydrogens is 348 g/mol. The van der Waals surface area contributed by atoms with Gasteiger partial charge in [0.1, 0.15) is 11.4 Å². The van der Waals surface area contributed by atoms with Gasteiger partial charge in [-0.2, -0.15) is 0 Å². The number of sulfonamides is 1. The number of nitrogens with zero attached hydrogens (tertiary/aromatic N) is 4. The average molecular weight is 364 g/mol. The molecule has 3 aromatic rings. The van der Waals surface area contributed by atoms with E-state index >= 15 is 0 Å². The Morgan fingerprint density at radius 1 is 1.40 bits per heavy atom. The number of anilines is 1. The number of carbonyl (C=O) groups is 1. The maximum Gasteiger partial charge on any atom is 0.224 e. The van der Waals surface area contributed by atoms with Crippen LogP contribution < -0.4 is 10.5 Å². The van der Waals surface area contributed by atoms with Crippen LogP contribution in [-0.4, -0.2) is 34.5 Å². The minimum absolute atomic E-state index is 0.200. The van der Waals surface area contributed by atoms with Crippen molar-refractivity contribution in [2.24, 2.45) is 12.2 Å². The third-order valence-electron chi connectivity index (χ3n) is 3.42. The number of amides is 1. The first kappa shape index (κ1) is 17.0. The molecule has 3 N–H and O–H groups in total. The Balaban J connectivity index is 1.70. The van der Waals surface area contributed by atoms with Crippen LogP contribution in [0.3, 0.4) is 0 Å². The minimum atomic E-state index is -3.74. The van der Waals surface area contributed by atoms with Crippen molar-refractivity contribution in [2.75, 3.05) is 5.32 Å². The van der Waals surface area contributed by atoms with Gasteiger partial charge in [-0.25, -0.2) is 13.6 Å². The fourth-order valence-electron chi connectivity index (χ4n) is 2.34. The first-order chi connectivity index (χ1) is 11.8. The molecule has 0 radical (unpaired) electrons. The van der Waals surface area contributed by atoms with E-state index in [9.17, 15) is 13.2 Å². The fourth-order valence-corrected chi connectivity index (χ4v) is 2.93. The van der Waals surface area contributed by atoms with Crippen molar-refractivity contribution in [3.05, 3.63) is 35.8 Å². The van der Waals surface area contributed by atoms with Crippen LogP contribution in [0.15, 0.2) is 28.9 Å². The second-order valence-electron chi connectivity index (χ2n) is 5.58. The number of nitrogens with one attached hydrogen (secondary N) is 1. The molecule has 0 saturated carbocycles. The van der Waals surface area contributed by atoms with Gasteiger partial charge in [0.25, 0.3) is 0 Å². The number of nitrogens with two attached hydrogens (primary N) is 1. The molecule has 0 fully saturated rings. The van der Waals surface area contributed by atoms with Gasteiger partial charge in [-0.3, -0.25) is 9.48 Å². The highest BCUT2D eigenvalue weighted by molar-refractivity contribution is 7.88. The lowest BCUT2D eigenvalue weighted by Gasteiger charge is -2.04. The van der Waals surface area contributed by atoms with Crippen molar-refractivity contribution >= 4 is 32.6 Å². The number of primary sulfonamides is 1. The molecule has 25 heavy (non-hydrogen) atoms. The van der Waals surface area contributed by atoms with Crippen molar-refractivity contribution in [1.29, 1.82) is 0 Å². The molecule has 0 unspecified atom stereocenters. The SMILES string of the molecule is Cn1cc(CCC(=O)Nc2ccc3onc(CS(N)(=O)=O)c3c2)nn1. The van der Waals surface area contributed by atoms with E-state index in [2.05, 4.69) is 20.8 Å². The zero-order valence-corrected chi connectivity index (χ0v) is 14.2. The first-order valence-corrected chi connectivity index (χ1v) is 9.05. The number of hydrogen-bond acceptors (Lipinski definition) is 7. The second kappa shape index (κ2) is 6.61. The van der Waals surface area contributed by atoms with Gasteiger partial charge in [-0.05, 0) is 18.2 Å². The highest BCUT2D eigenvalue weighted by atomic mass is 32.2. The Kier molecular flexibility index (Phi) is 4.51. The molecule has 1 amide bonds. The molecule has 0 bridgehead atoms. The van der Waals surface area contributed by atoms with E-state index in [0.29, 0.717) is 23.1 Å². The molecule has 1 aromatic carbocycles. The summed E-state index contributed by atoms with van der Waals surface area (Å²) >= 11 is 0. The topological polar surface area (TPSA) is 146 Å². The fraction of sp³-hybridized carbons (Fsp3) is 0.286. The number of benzene rings is 1. The minimum Gasteiger partial charge on any atom is -0.356 e. The summed E-state index contributed by atoms with van der Waals surface area (Å²) in [7, 11) is -1.98. The third kappa shape index (κ3) is 4.39. The zero-order chi connectivity index (χ0) is 18.0. The summed E-state index contributed by atoms with van der Waals surface area (Å²) in [6, 6.07) is 4.86. The molecule has 0 aliphatic rings. The Morgan fingerprint density at radius 2 is 2.20 bits per heavy atom. The smallest absolute Gasteiger partial charge is 0.224 e. The highest BCUT2D eigenvalue weighted by Gasteiger charge is 2.15. The van der Waals surface area contributed by atoms with Gasteiger partial charge in [-0.15, -0.1) is 5.10 Å². The van der Waals surface area contributed by atoms with Crippen LogP contribution in [0.25, 0.3) is 11.0 Å². The zero-order valence-electron chi connectivity index (χ0n) is 13.3. The van der Waals surface area contributed by atoms with Crippen LogP contribution in [0.4, 0.5) is 5.69 Å². The molecule has 0 saturated heterocycles. The summed E-state index contributed by atoms with van der Waals surface area (Å²) in [5.41, 5.74) is 1.85. The van der Waals surface area contributed by atoms with Gasteiger partial charge >= 0.3 is 0 Å². The van der Waals surface area contributed by atoms with Gasteiger partial charge in [0.15, 0.2) is 5.58 Å². The lowest BCUT2D eigenvalue weighted by Crippen LogP contribution is -2.15. The van der Waals surface area contributed by atoms with Gasteiger partial charge in [-0.1, -0.05) is 10.4 Å². The molecule has 0 spiro atoms. The van der Waals surface area contributed by atoms with Crippen molar-refractivity contribution < 1.29 is 17.7 Å². The number of aryl methyl sites for hydroxylation is 2. The summed E-state index contributed by atoms with van der Waals surface area (Å²) in [4.78, 5) is 12.1. The number of hydrogen-bond donors (Lipinski definition) is 2. The molecule has 132 valence electrons. The largest absolute Gasteiger partial charge is 0.356 e. The molecule has 11 heteroatoms. The molecule has 0 aliphatic carbocycles. The lowest BCUT2D eigenvalue weighted by molar-refractivity contribution is -0.116. The number of aromatic nitrogens is 4. The monoisotopic (exact) mass is 364 g/mol. The molecule has 10 nitrogen and oxygen atoms in total. The van der Waals surface area contributed by atoms with Crippen molar-refractivity contribution in [1.82, 2.24) is 20.2 Å². The van der Waals surface area contributed by atoms with Crippen molar-refractivity contribution in [2.45, 2.75) is 18.6 Å². The standard InChI is InChI=1S/C14H16N6O4S/c1-20-7-10(17-19-20)3-5-14(21)16-9-2-4-13-11(6-9)12(18-24-13)8-25(15,22)23/h2,4,6-7H,3,5,8H2,1H3,(H,16,21)(H2,15,22,23). The van der Waals surface area contributed by atoms with Gasteiger partial charge in [0.05, 0.1) is 5.69 Å². The van der Waals surface area contributed by atoms with Gasteiger partial charge < -0.3 is 9.84 Å². The Labute approximate surface area is 143 Å². The second-order valence-corrected chi connectivity index (χ2v) is 7.19. The van der Waals surface area contributed by atoms with E-state index in [4.69, 9.17) is 9.66 Å². The van der Waals surface area contributed by atoms with Gasteiger partial charge in [0.2, 0.25) is 15.9 Å². The molecule has 0 atom stereocenters. The predicted octanol–water partition coefficient (Wildman–Crippen LogP) is 0.316. The van der Waals surface area contributed by atoms with E-state index in [0.717, 1.165) is 5.69 Å². The number of rotatable bonds is 6. The van der Waals surface area contributed by atoms with Gasteiger partial charge in [0, 0.05) is 37.2 Å². The first-order valence-electron chi connectivity index (χ1n) is 7.34. The summed E-state index contributed by atoms with van der Waals surface area (Å²) in [6.07, 6.45) is 2.45. The summed E-state index contributed by atoms with van der Waals surface area (Å²) in [6.45, 7) is 0. The van der Waals surface area contributed by atoms with Crippen molar-refractivity contribution in [3.8, 4) is 0 Å². The van der Waals surface area contributed by atoms with E-state index in [1.54, 1.807) is 36.1 Å². The highest BCUT2D eigenvalue weighted by Crippen LogP contribution is 2.23. The maximum atomic E-state index is 12.1. The summed E-state index contributed by atoms with van der Waals surface area (Å²) in [5, 5.41) is 19.7. The van der Waals surface area contributed by atoms with Crippen LogP contribution in [0.1, 0.15) is 17.8 Å². The van der Waals surface area contributed by atoms with Crippen LogP contribution in [0, 0.1) is 0 Å². The van der Waals surface area contributed by atoms with Crippen LogP contribution in [0.5, 0.6) is 0 Å². The van der Waals surface area contributed by atoms with Crippen molar-refractivity contribution in [3.63, 3.8) is 0 Å². The number of fused-ring (bicyclic) bond motifs is 1. The summed E-state index contributed by atoms with van der Waals surface area (Å²) < 4.78 is 29.1. The van der Waals surface area contributed by atoms with Crippen LogP contribution in [0.2, 0.25) is 0 Å². The lowest BCUT2D eigenvalue weighted by atomic mass is 10.2. The predicted molar refractivity (Wildman–Crippen MR) is 88.8 cm³/mol. The maximum absolute atomic E-state index is 12.1. The quantitative estimate of drug-likeness (QED) is 0.640. The molecule has 2 heterocycles. The molecule has 0 aliphatic heterocycles. The van der Waals surface area contributed by atoms with Crippen LogP contribution in [-0.2, 0) is 34.0 Å². The average Bonchev–Trinajstić information content (AvgIpc) is 3.10. The van der Waals surface area contributed by atoms with E-state index in [1.165, 1.54) is 0 Å². The van der Waals surface area contributed by atoms with E-state index < -0.39 is 15.8 Å². The summed E-state index contributed by atoms with van der Waals surface area (Å²) in [5.74, 6) is -0.640. The Bertz CT molecular complexity index is 1020.